The molecule has 0 aliphatic rings. The Labute approximate surface area is 135 Å². The Bertz CT molecular complexity index is 760. The van der Waals surface area contributed by atoms with Crippen molar-refractivity contribution >= 4 is 22.3 Å². The van der Waals surface area contributed by atoms with Gasteiger partial charge in [0, 0.05) is 17.1 Å². The molecule has 0 atom stereocenters. The third-order valence-electron chi connectivity index (χ3n) is 3.53. The summed E-state index contributed by atoms with van der Waals surface area (Å²) < 4.78 is 0. The Morgan fingerprint density at radius 2 is 1.86 bits per heavy atom. The highest BCUT2D eigenvalue weighted by molar-refractivity contribution is 7.14. The van der Waals surface area contributed by atoms with Crippen molar-refractivity contribution in [1.82, 2.24) is 9.97 Å². The highest BCUT2D eigenvalue weighted by Crippen LogP contribution is 2.27. The van der Waals surface area contributed by atoms with Gasteiger partial charge in [0.1, 0.15) is 5.82 Å². The zero-order valence-electron chi connectivity index (χ0n) is 13.0. The van der Waals surface area contributed by atoms with Gasteiger partial charge in [-0.15, -0.1) is 11.3 Å². The maximum Gasteiger partial charge on any atom is 0.188 e. The predicted octanol–water partition coefficient (Wildman–Crippen LogP) is 5.38. The number of hydrogen-bond donors (Lipinski definition) is 1. The molecule has 0 saturated carbocycles. The van der Waals surface area contributed by atoms with Crippen LogP contribution >= 0.6 is 11.3 Å². The molecular formula is C18H19N3S. The fraction of sp³-hybridized carbons (Fsp3) is 0.222. The molecule has 3 nitrogen and oxygen atoms in total. The van der Waals surface area contributed by atoms with Crippen molar-refractivity contribution < 1.29 is 0 Å². The summed E-state index contributed by atoms with van der Waals surface area (Å²) in [5, 5.41) is 6.19. The van der Waals surface area contributed by atoms with E-state index in [0.717, 1.165) is 22.2 Å². The molecular weight excluding hydrogens is 290 g/mol. The second kappa shape index (κ2) is 6.28. The molecule has 0 amide bonds. The number of nitrogens with one attached hydrogen (secondary N) is 1. The monoisotopic (exact) mass is 309 g/mol. The topological polar surface area (TPSA) is 37.8 Å². The lowest BCUT2D eigenvalue weighted by Crippen LogP contribution is -1.93. The molecule has 2 aromatic heterocycles. The van der Waals surface area contributed by atoms with Crippen LogP contribution in [-0.4, -0.2) is 9.97 Å². The molecule has 1 aromatic carbocycles. The van der Waals surface area contributed by atoms with E-state index >= 15 is 0 Å². The maximum absolute atomic E-state index is 4.65. The van der Waals surface area contributed by atoms with Crippen LogP contribution in [0.1, 0.15) is 30.9 Å². The molecule has 0 aliphatic carbocycles. The highest BCUT2D eigenvalue weighted by atomic mass is 32.1. The van der Waals surface area contributed by atoms with Crippen molar-refractivity contribution in [2.75, 3.05) is 5.32 Å². The lowest BCUT2D eigenvalue weighted by molar-refractivity contribution is 0.867. The van der Waals surface area contributed by atoms with Crippen molar-refractivity contribution in [3.8, 4) is 11.3 Å². The average molecular weight is 309 g/mol. The van der Waals surface area contributed by atoms with Crippen molar-refractivity contribution in [3.05, 3.63) is 59.1 Å². The highest BCUT2D eigenvalue weighted by Gasteiger charge is 2.06. The normalized spacial score (nSPS) is 10.9. The van der Waals surface area contributed by atoms with Crippen LogP contribution in [0.25, 0.3) is 11.3 Å². The summed E-state index contributed by atoms with van der Waals surface area (Å²) in [7, 11) is 0. The predicted molar refractivity (Wildman–Crippen MR) is 93.9 cm³/mol. The van der Waals surface area contributed by atoms with Gasteiger partial charge >= 0.3 is 0 Å². The molecule has 0 fully saturated rings. The van der Waals surface area contributed by atoms with Crippen LogP contribution in [0, 0.1) is 6.92 Å². The number of benzene rings is 1. The van der Waals surface area contributed by atoms with E-state index in [0.29, 0.717) is 5.92 Å². The number of aryl methyl sites for hydroxylation is 1. The first-order valence-electron chi connectivity index (χ1n) is 7.37. The molecule has 0 saturated heterocycles. The smallest absolute Gasteiger partial charge is 0.188 e. The molecule has 2 heterocycles. The summed E-state index contributed by atoms with van der Waals surface area (Å²) in [6.07, 6.45) is 1.80. The molecule has 0 spiro atoms. The second-order valence-corrected chi connectivity index (χ2v) is 6.52. The molecule has 22 heavy (non-hydrogen) atoms. The zero-order chi connectivity index (χ0) is 15.5. The first-order valence-corrected chi connectivity index (χ1v) is 8.25. The van der Waals surface area contributed by atoms with Crippen molar-refractivity contribution in [1.29, 1.82) is 0 Å². The van der Waals surface area contributed by atoms with E-state index in [1.165, 1.54) is 11.1 Å². The van der Waals surface area contributed by atoms with E-state index in [-0.39, 0.29) is 0 Å². The SMILES string of the molecule is Cc1ccnc(Nc2nc(-c3ccc(C(C)C)cc3)cs2)c1. The Hall–Kier alpha value is -2.20. The third-order valence-corrected chi connectivity index (χ3v) is 4.29. The van der Waals surface area contributed by atoms with E-state index < -0.39 is 0 Å². The summed E-state index contributed by atoms with van der Waals surface area (Å²) in [6.45, 7) is 6.46. The number of nitrogens with zero attached hydrogens (tertiary/aromatic N) is 2. The number of anilines is 2. The Balaban J connectivity index is 1.78. The minimum atomic E-state index is 0.550. The summed E-state index contributed by atoms with van der Waals surface area (Å²) >= 11 is 1.59. The van der Waals surface area contributed by atoms with E-state index in [1.807, 2.05) is 12.1 Å². The fourth-order valence-electron chi connectivity index (χ4n) is 2.22. The minimum absolute atomic E-state index is 0.550. The van der Waals surface area contributed by atoms with Crippen LogP contribution in [0.2, 0.25) is 0 Å². The van der Waals surface area contributed by atoms with Crippen LogP contribution in [0.5, 0.6) is 0 Å². The largest absolute Gasteiger partial charge is 0.316 e. The van der Waals surface area contributed by atoms with Crippen LogP contribution in [0.15, 0.2) is 48.0 Å². The minimum Gasteiger partial charge on any atom is -0.316 e. The first-order chi connectivity index (χ1) is 10.6. The van der Waals surface area contributed by atoms with Gasteiger partial charge in [0.15, 0.2) is 5.13 Å². The van der Waals surface area contributed by atoms with Gasteiger partial charge in [-0.2, -0.15) is 0 Å². The van der Waals surface area contributed by atoms with Crippen LogP contribution in [0.4, 0.5) is 10.9 Å². The molecule has 4 heteroatoms. The van der Waals surface area contributed by atoms with E-state index in [1.54, 1.807) is 17.5 Å². The van der Waals surface area contributed by atoms with Gasteiger partial charge in [0.25, 0.3) is 0 Å². The Morgan fingerprint density at radius 1 is 1.09 bits per heavy atom. The van der Waals surface area contributed by atoms with Gasteiger partial charge in [0.05, 0.1) is 5.69 Å². The first kappa shape index (κ1) is 14.7. The van der Waals surface area contributed by atoms with E-state index in [9.17, 15) is 0 Å². The number of hydrogen-bond acceptors (Lipinski definition) is 4. The molecule has 0 radical (unpaired) electrons. The quantitative estimate of drug-likeness (QED) is 0.703. The zero-order valence-corrected chi connectivity index (χ0v) is 13.8. The summed E-state index contributed by atoms with van der Waals surface area (Å²) in [5.41, 5.74) is 4.67. The van der Waals surface area contributed by atoms with Gasteiger partial charge in [-0.25, -0.2) is 9.97 Å². The average Bonchev–Trinajstić information content (AvgIpc) is 2.96. The molecule has 112 valence electrons. The number of aromatic nitrogens is 2. The summed E-state index contributed by atoms with van der Waals surface area (Å²) in [4.78, 5) is 8.95. The van der Waals surface area contributed by atoms with Crippen molar-refractivity contribution in [3.63, 3.8) is 0 Å². The van der Waals surface area contributed by atoms with Crippen LogP contribution in [0.3, 0.4) is 0 Å². The number of pyridine rings is 1. The Morgan fingerprint density at radius 3 is 2.55 bits per heavy atom. The van der Waals surface area contributed by atoms with Crippen molar-refractivity contribution in [2.45, 2.75) is 26.7 Å². The molecule has 1 N–H and O–H groups in total. The molecule has 3 rings (SSSR count). The van der Waals surface area contributed by atoms with Gasteiger partial charge in [-0.1, -0.05) is 38.1 Å². The van der Waals surface area contributed by atoms with Gasteiger partial charge in [-0.3, -0.25) is 0 Å². The molecule has 0 unspecified atom stereocenters. The number of thiazole rings is 1. The van der Waals surface area contributed by atoms with Gasteiger partial charge < -0.3 is 5.32 Å². The van der Waals surface area contributed by atoms with E-state index in [4.69, 9.17) is 0 Å². The molecule has 3 aromatic rings. The summed E-state index contributed by atoms with van der Waals surface area (Å²) in [5.74, 6) is 1.38. The standard InChI is InChI=1S/C18H19N3S/c1-12(2)14-4-6-15(7-5-14)16-11-22-18(20-16)21-17-10-13(3)8-9-19-17/h4-12H,1-3H3,(H,19,20,21). The van der Waals surface area contributed by atoms with Crippen LogP contribution in [-0.2, 0) is 0 Å². The molecule has 0 bridgehead atoms. The van der Waals surface area contributed by atoms with Gasteiger partial charge in [0.2, 0.25) is 0 Å². The van der Waals surface area contributed by atoms with Crippen molar-refractivity contribution in [2.24, 2.45) is 0 Å². The number of rotatable bonds is 4. The van der Waals surface area contributed by atoms with Gasteiger partial charge in [-0.05, 0) is 36.1 Å². The van der Waals surface area contributed by atoms with Crippen LogP contribution < -0.4 is 5.32 Å². The lowest BCUT2D eigenvalue weighted by atomic mass is 10.0. The van der Waals surface area contributed by atoms with E-state index in [2.05, 4.69) is 65.7 Å². The second-order valence-electron chi connectivity index (χ2n) is 5.66. The summed E-state index contributed by atoms with van der Waals surface area (Å²) in [6, 6.07) is 12.6. The molecule has 0 aliphatic heterocycles. The fourth-order valence-corrected chi connectivity index (χ4v) is 2.94. The Kier molecular flexibility index (Phi) is 4.20. The lowest BCUT2D eigenvalue weighted by Gasteiger charge is -2.05. The third kappa shape index (κ3) is 3.34. The maximum atomic E-state index is 4.65.